The molecule has 0 fully saturated rings. The van der Waals surface area contributed by atoms with Crippen molar-refractivity contribution < 1.29 is 13.2 Å². The Labute approximate surface area is 102 Å². The average molecular weight is 271 g/mol. The Bertz CT molecular complexity index is 317. The van der Waals surface area contributed by atoms with Crippen molar-refractivity contribution in [3.05, 3.63) is 0 Å². The maximum Gasteiger partial charge on any atom is 0.237 e. The first-order valence-corrected chi connectivity index (χ1v) is 7.31. The summed E-state index contributed by atoms with van der Waals surface area (Å²) in [5.41, 5.74) is 0. The quantitative estimate of drug-likeness (QED) is 0.654. The normalized spacial score (nSPS) is 13.8. The number of hydrogen-bond acceptors (Lipinski definition) is 3. The zero-order valence-electron chi connectivity index (χ0n) is 9.79. The van der Waals surface area contributed by atoms with Gasteiger partial charge in [-0.1, -0.05) is 13.8 Å². The highest BCUT2D eigenvalue weighted by atomic mass is 35.5. The maximum absolute atomic E-state index is 11.5. The van der Waals surface area contributed by atoms with E-state index in [2.05, 4.69) is 10.0 Å². The summed E-state index contributed by atoms with van der Waals surface area (Å²) in [6.07, 6.45) is 0. The van der Waals surface area contributed by atoms with Crippen molar-refractivity contribution in [1.29, 1.82) is 0 Å². The Balaban J connectivity index is 4.15. The Kier molecular flexibility index (Phi) is 6.94. The third kappa shape index (κ3) is 7.03. The number of carbonyl (C=O) groups excluding carboxylic acids is 1. The molecule has 0 saturated carbocycles. The van der Waals surface area contributed by atoms with Gasteiger partial charge >= 0.3 is 0 Å². The number of alkyl halides is 1. The summed E-state index contributed by atoms with van der Waals surface area (Å²) in [4.78, 5) is 11.5. The standard InChI is InChI=1S/C9H19ClN2O3S/c1-7(2)6-11-9(13)8(3)12-16(14,15)5-4-10/h7-8,12H,4-6H2,1-3H3,(H,11,13). The van der Waals surface area contributed by atoms with Crippen molar-refractivity contribution in [2.24, 2.45) is 5.92 Å². The second-order valence-electron chi connectivity index (χ2n) is 3.99. The van der Waals surface area contributed by atoms with Crippen LogP contribution in [0.4, 0.5) is 0 Å². The van der Waals surface area contributed by atoms with Crippen LogP contribution in [0, 0.1) is 5.92 Å². The largest absolute Gasteiger partial charge is 0.354 e. The minimum absolute atomic E-state index is 0.00959. The predicted octanol–water partition coefficient (Wildman–Crippen LogP) is 0.305. The van der Waals surface area contributed by atoms with Crippen LogP contribution in [0.1, 0.15) is 20.8 Å². The molecule has 0 aliphatic heterocycles. The number of carbonyl (C=O) groups is 1. The lowest BCUT2D eigenvalue weighted by atomic mass is 10.2. The van der Waals surface area contributed by atoms with E-state index in [4.69, 9.17) is 11.6 Å². The van der Waals surface area contributed by atoms with E-state index >= 15 is 0 Å². The molecule has 1 atom stereocenters. The highest BCUT2D eigenvalue weighted by Gasteiger charge is 2.19. The fraction of sp³-hybridized carbons (Fsp3) is 0.889. The lowest BCUT2D eigenvalue weighted by Crippen LogP contribution is -2.46. The molecule has 0 bridgehead atoms. The number of rotatable bonds is 7. The first kappa shape index (κ1) is 15.7. The Morgan fingerprint density at radius 3 is 2.31 bits per heavy atom. The molecular weight excluding hydrogens is 252 g/mol. The minimum Gasteiger partial charge on any atom is -0.354 e. The lowest BCUT2D eigenvalue weighted by Gasteiger charge is -2.14. The van der Waals surface area contributed by atoms with Crippen molar-refractivity contribution in [3.8, 4) is 0 Å². The molecule has 0 aliphatic rings. The van der Waals surface area contributed by atoms with Crippen LogP contribution in [-0.2, 0) is 14.8 Å². The molecule has 0 saturated heterocycles. The van der Waals surface area contributed by atoms with E-state index in [1.54, 1.807) is 0 Å². The van der Waals surface area contributed by atoms with Gasteiger partial charge in [-0.25, -0.2) is 13.1 Å². The van der Waals surface area contributed by atoms with Crippen LogP contribution in [0.15, 0.2) is 0 Å². The summed E-state index contributed by atoms with van der Waals surface area (Å²) in [6, 6.07) is -0.771. The van der Waals surface area contributed by atoms with E-state index in [-0.39, 0.29) is 17.5 Å². The fourth-order valence-electron chi connectivity index (χ4n) is 0.941. The van der Waals surface area contributed by atoms with E-state index in [0.29, 0.717) is 12.5 Å². The summed E-state index contributed by atoms with van der Waals surface area (Å²) in [6.45, 7) is 5.95. The highest BCUT2D eigenvalue weighted by Crippen LogP contribution is 1.93. The van der Waals surface area contributed by atoms with Gasteiger partial charge in [0.2, 0.25) is 15.9 Å². The summed E-state index contributed by atoms with van der Waals surface area (Å²) >= 11 is 5.33. The van der Waals surface area contributed by atoms with Crippen molar-refractivity contribution in [2.45, 2.75) is 26.8 Å². The van der Waals surface area contributed by atoms with Crippen molar-refractivity contribution in [2.75, 3.05) is 18.2 Å². The van der Waals surface area contributed by atoms with Gasteiger partial charge in [0.15, 0.2) is 0 Å². The molecule has 0 aliphatic carbocycles. The Hall–Kier alpha value is -0.330. The molecule has 7 heteroatoms. The van der Waals surface area contributed by atoms with Gasteiger partial charge < -0.3 is 5.32 Å². The number of sulfonamides is 1. The van der Waals surface area contributed by atoms with Gasteiger partial charge in [0.05, 0.1) is 11.8 Å². The third-order valence-electron chi connectivity index (χ3n) is 1.78. The van der Waals surface area contributed by atoms with Crippen LogP contribution in [0.3, 0.4) is 0 Å². The minimum atomic E-state index is -3.46. The molecule has 0 radical (unpaired) electrons. The van der Waals surface area contributed by atoms with Gasteiger partial charge in [-0.05, 0) is 12.8 Å². The first-order valence-electron chi connectivity index (χ1n) is 5.12. The van der Waals surface area contributed by atoms with Crippen LogP contribution < -0.4 is 10.0 Å². The second kappa shape index (κ2) is 7.09. The SMILES string of the molecule is CC(C)CNC(=O)C(C)NS(=O)(=O)CCCl. The van der Waals surface area contributed by atoms with Crippen molar-refractivity contribution in [3.63, 3.8) is 0 Å². The number of amides is 1. The van der Waals surface area contributed by atoms with Crippen LogP contribution in [0.2, 0.25) is 0 Å². The average Bonchev–Trinajstić information content (AvgIpc) is 2.12. The Morgan fingerprint density at radius 2 is 1.88 bits per heavy atom. The van der Waals surface area contributed by atoms with Gasteiger partial charge in [0.1, 0.15) is 0 Å². The van der Waals surface area contributed by atoms with Crippen LogP contribution in [0.25, 0.3) is 0 Å². The molecule has 0 aromatic heterocycles. The molecule has 16 heavy (non-hydrogen) atoms. The van der Waals surface area contributed by atoms with Crippen LogP contribution >= 0.6 is 11.6 Å². The molecule has 0 aromatic carbocycles. The van der Waals surface area contributed by atoms with E-state index in [0.717, 1.165) is 0 Å². The smallest absolute Gasteiger partial charge is 0.237 e. The Morgan fingerprint density at radius 1 is 1.31 bits per heavy atom. The molecule has 2 N–H and O–H groups in total. The summed E-state index contributed by atoms with van der Waals surface area (Å²) < 4.78 is 24.9. The number of nitrogens with one attached hydrogen (secondary N) is 2. The second-order valence-corrected chi connectivity index (χ2v) is 6.24. The molecule has 96 valence electrons. The monoisotopic (exact) mass is 270 g/mol. The van der Waals surface area contributed by atoms with Gasteiger partial charge in [-0.2, -0.15) is 0 Å². The highest BCUT2D eigenvalue weighted by molar-refractivity contribution is 7.89. The van der Waals surface area contributed by atoms with E-state index in [1.807, 2.05) is 13.8 Å². The zero-order chi connectivity index (χ0) is 12.8. The zero-order valence-corrected chi connectivity index (χ0v) is 11.4. The molecule has 0 rings (SSSR count). The fourth-order valence-corrected chi connectivity index (χ4v) is 2.52. The molecule has 1 unspecified atom stereocenters. The summed E-state index contributed by atoms with van der Waals surface area (Å²) in [5.74, 6) is -0.172. The van der Waals surface area contributed by atoms with E-state index in [1.165, 1.54) is 6.92 Å². The molecule has 0 aromatic rings. The van der Waals surface area contributed by atoms with Crippen LogP contribution in [0.5, 0.6) is 0 Å². The summed E-state index contributed by atoms with van der Waals surface area (Å²) in [5, 5.41) is 2.65. The van der Waals surface area contributed by atoms with E-state index < -0.39 is 16.1 Å². The molecule has 0 spiro atoms. The first-order chi connectivity index (χ1) is 7.28. The van der Waals surface area contributed by atoms with Gasteiger partial charge in [0, 0.05) is 12.4 Å². The molecule has 5 nitrogen and oxygen atoms in total. The summed E-state index contributed by atoms with van der Waals surface area (Å²) in [7, 11) is -3.46. The third-order valence-corrected chi connectivity index (χ3v) is 3.65. The molecule has 0 heterocycles. The lowest BCUT2D eigenvalue weighted by molar-refractivity contribution is -0.122. The van der Waals surface area contributed by atoms with Crippen molar-refractivity contribution >= 4 is 27.5 Å². The van der Waals surface area contributed by atoms with Gasteiger partial charge in [0.25, 0.3) is 0 Å². The molecular formula is C9H19ClN2O3S. The van der Waals surface area contributed by atoms with E-state index in [9.17, 15) is 13.2 Å². The number of halogens is 1. The van der Waals surface area contributed by atoms with Crippen molar-refractivity contribution in [1.82, 2.24) is 10.0 Å². The maximum atomic E-state index is 11.5. The number of hydrogen-bond donors (Lipinski definition) is 2. The topological polar surface area (TPSA) is 75.3 Å². The van der Waals surface area contributed by atoms with Gasteiger partial charge in [-0.15, -0.1) is 11.6 Å². The molecule has 1 amide bonds. The predicted molar refractivity (Wildman–Crippen MR) is 65.0 cm³/mol. The van der Waals surface area contributed by atoms with Crippen LogP contribution in [-0.4, -0.2) is 38.5 Å². The van der Waals surface area contributed by atoms with Gasteiger partial charge in [-0.3, -0.25) is 4.79 Å².